The van der Waals surface area contributed by atoms with Gasteiger partial charge in [-0.3, -0.25) is 9.78 Å². The Balaban J connectivity index is 2.14. The Kier molecular flexibility index (Phi) is 4.35. The summed E-state index contributed by atoms with van der Waals surface area (Å²) < 4.78 is 0. The second-order valence-electron chi connectivity index (χ2n) is 4.70. The van der Waals surface area contributed by atoms with E-state index >= 15 is 0 Å². The first-order chi connectivity index (χ1) is 9.60. The summed E-state index contributed by atoms with van der Waals surface area (Å²) in [5, 5.41) is 6.08. The third-order valence-electron chi connectivity index (χ3n) is 3.02. The van der Waals surface area contributed by atoms with Gasteiger partial charge in [0.15, 0.2) is 0 Å². The van der Waals surface area contributed by atoms with E-state index in [1.807, 2.05) is 51.1 Å². The zero-order valence-electron chi connectivity index (χ0n) is 12.0. The van der Waals surface area contributed by atoms with E-state index in [9.17, 15) is 4.79 Å². The van der Waals surface area contributed by atoms with E-state index in [0.29, 0.717) is 11.3 Å². The molecule has 1 heterocycles. The van der Waals surface area contributed by atoms with Crippen LogP contribution in [-0.2, 0) is 0 Å². The van der Waals surface area contributed by atoms with Gasteiger partial charge in [0, 0.05) is 23.5 Å². The van der Waals surface area contributed by atoms with Crippen LogP contribution in [0.3, 0.4) is 0 Å². The number of nitrogens with one attached hydrogen (secondary N) is 2. The van der Waals surface area contributed by atoms with Crippen LogP contribution in [-0.4, -0.2) is 17.4 Å². The summed E-state index contributed by atoms with van der Waals surface area (Å²) in [6, 6.07) is 9.45. The van der Waals surface area contributed by atoms with Gasteiger partial charge in [-0.1, -0.05) is 0 Å². The molecule has 0 spiro atoms. The molecule has 0 aliphatic heterocycles. The Morgan fingerprint density at radius 3 is 2.50 bits per heavy atom. The van der Waals surface area contributed by atoms with Crippen molar-refractivity contribution in [2.24, 2.45) is 0 Å². The van der Waals surface area contributed by atoms with Crippen LogP contribution in [0.2, 0.25) is 0 Å². The van der Waals surface area contributed by atoms with Crippen molar-refractivity contribution >= 4 is 17.3 Å². The molecule has 104 valence electrons. The first kappa shape index (κ1) is 14.1. The molecule has 1 aromatic heterocycles. The molecule has 4 nitrogen and oxygen atoms in total. The molecule has 0 aliphatic rings. The Hall–Kier alpha value is -2.36. The highest BCUT2D eigenvalue weighted by atomic mass is 16.1. The van der Waals surface area contributed by atoms with Gasteiger partial charge in [0.05, 0.1) is 11.9 Å². The first-order valence-electron chi connectivity index (χ1n) is 6.68. The Labute approximate surface area is 119 Å². The lowest BCUT2D eigenvalue weighted by Crippen LogP contribution is -2.13. The van der Waals surface area contributed by atoms with Crippen molar-refractivity contribution in [2.75, 3.05) is 17.2 Å². The lowest BCUT2D eigenvalue weighted by Gasteiger charge is -2.10. The SMILES string of the molecule is CCNc1ccc(C(=O)Nc2ccc(C)nc2)c(C)c1. The fraction of sp³-hybridized carbons (Fsp3) is 0.250. The minimum Gasteiger partial charge on any atom is -0.385 e. The van der Waals surface area contributed by atoms with Gasteiger partial charge in [-0.2, -0.15) is 0 Å². The van der Waals surface area contributed by atoms with Gasteiger partial charge in [0.2, 0.25) is 0 Å². The number of nitrogens with zero attached hydrogens (tertiary/aromatic N) is 1. The van der Waals surface area contributed by atoms with Crippen LogP contribution in [0.5, 0.6) is 0 Å². The number of benzene rings is 1. The average molecular weight is 269 g/mol. The minimum absolute atomic E-state index is 0.115. The van der Waals surface area contributed by atoms with E-state index in [1.165, 1.54) is 0 Å². The Morgan fingerprint density at radius 2 is 1.90 bits per heavy atom. The Morgan fingerprint density at radius 1 is 1.15 bits per heavy atom. The number of aryl methyl sites for hydroxylation is 2. The molecule has 1 aromatic carbocycles. The van der Waals surface area contributed by atoms with Crippen LogP contribution in [0.15, 0.2) is 36.5 Å². The molecule has 2 aromatic rings. The lowest BCUT2D eigenvalue weighted by atomic mass is 10.1. The van der Waals surface area contributed by atoms with Crippen molar-refractivity contribution < 1.29 is 4.79 Å². The number of hydrogen-bond donors (Lipinski definition) is 2. The van der Waals surface area contributed by atoms with E-state index in [0.717, 1.165) is 23.5 Å². The minimum atomic E-state index is -0.115. The quantitative estimate of drug-likeness (QED) is 0.894. The van der Waals surface area contributed by atoms with Crippen molar-refractivity contribution in [3.05, 3.63) is 53.3 Å². The average Bonchev–Trinajstić information content (AvgIpc) is 2.42. The van der Waals surface area contributed by atoms with Crippen molar-refractivity contribution in [3.63, 3.8) is 0 Å². The number of hydrogen-bond acceptors (Lipinski definition) is 3. The summed E-state index contributed by atoms with van der Waals surface area (Å²) in [5.74, 6) is -0.115. The maximum Gasteiger partial charge on any atom is 0.255 e. The predicted molar refractivity (Wildman–Crippen MR) is 82.3 cm³/mol. The molecule has 20 heavy (non-hydrogen) atoms. The molecule has 0 unspecified atom stereocenters. The summed E-state index contributed by atoms with van der Waals surface area (Å²) in [5.41, 5.74) is 4.27. The highest BCUT2D eigenvalue weighted by Crippen LogP contribution is 2.17. The number of pyridine rings is 1. The van der Waals surface area contributed by atoms with Gasteiger partial charge in [-0.25, -0.2) is 0 Å². The first-order valence-corrected chi connectivity index (χ1v) is 6.68. The van der Waals surface area contributed by atoms with E-state index in [4.69, 9.17) is 0 Å². The molecule has 2 N–H and O–H groups in total. The fourth-order valence-corrected chi connectivity index (χ4v) is 1.97. The van der Waals surface area contributed by atoms with E-state index in [2.05, 4.69) is 15.6 Å². The van der Waals surface area contributed by atoms with E-state index in [1.54, 1.807) is 6.20 Å². The van der Waals surface area contributed by atoms with Gasteiger partial charge in [-0.05, 0) is 56.7 Å². The van der Waals surface area contributed by atoms with Crippen molar-refractivity contribution in [2.45, 2.75) is 20.8 Å². The van der Waals surface area contributed by atoms with Gasteiger partial charge < -0.3 is 10.6 Å². The second-order valence-corrected chi connectivity index (χ2v) is 4.70. The number of amides is 1. The third kappa shape index (κ3) is 3.35. The van der Waals surface area contributed by atoms with Crippen molar-refractivity contribution in [3.8, 4) is 0 Å². The molecular formula is C16H19N3O. The predicted octanol–water partition coefficient (Wildman–Crippen LogP) is 3.38. The highest BCUT2D eigenvalue weighted by molar-refractivity contribution is 6.05. The summed E-state index contributed by atoms with van der Waals surface area (Å²) >= 11 is 0. The summed E-state index contributed by atoms with van der Waals surface area (Å²) in [6.07, 6.45) is 1.66. The van der Waals surface area contributed by atoms with Crippen LogP contribution in [0.1, 0.15) is 28.5 Å². The monoisotopic (exact) mass is 269 g/mol. The molecule has 0 aliphatic carbocycles. The van der Waals surface area contributed by atoms with E-state index < -0.39 is 0 Å². The summed E-state index contributed by atoms with van der Waals surface area (Å²) in [7, 11) is 0. The molecule has 0 saturated heterocycles. The van der Waals surface area contributed by atoms with Crippen LogP contribution < -0.4 is 10.6 Å². The maximum atomic E-state index is 12.2. The number of carbonyl (C=O) groups excluding carboxylic acids is 1. The van der Waals surface area contributed by atoms with Gasteiger partial charge >= 0.3 is 0 Å². The van der Waals surface area contributed by atoms with Crippen LogP contribution in [0, 0.1) is 13.8 Å². The van der Waals surface area contributed by atoms with Crippen LogP contribution in [0.4, 0.5) is 11.4 Å². The third-order valence-corrected chi connectivity index (χ3v) is 3.02. The number of anilines is 2. The maximum absolute atomic E-state index is 12.2. The number of aromatic nitrogens is 1. The summed E-state index contributed by atoms with van der Waals surface area (Å²) in [4.78, 5) is 16.4. The molecule has 2 rings (SSSR count). The lowest BCUT2D eigenvalue weighted by molar-refractivity contribution is 0.102. The van der Waals surface area contributed by atoms with Crippen molar-refractivity contribution in [1.29, 1.82) is 0 Å². The number of rotatable bonds is 4. The number of carbonyl (C=O) groups is 1. The van der Waals surface area contributed by atoms with Crippen LogP contribution >= 0.6 is 0 Å². The largest absolute Gasteiger partial charge is 0.385 e. The van der Waals surface area contributed by atoms with Gasteiger partial charge in [-0.15, -0.1) is 0 Å². The zero-order chi connectivity index (χ0) is 14.5. The molecular weight excluding hydrogens is 250 g/mol. The zero-order valence-corrected chi connectivity index (χ0v) is 12.0. The van der Waals surface area contributed by atoms with Gasteiger partial charge in [0.1, 0.15) is 0 Å². The van der Waals surface area contributed by atoms with E-state index in [-0.39, 0.29) is 5.91 Å². The van der Waals surface area contributed by atoms with Crippen molar-refractivity contribution in [1.82, 2.24) is 4.98 Å². The molecule has 0 bridgehead atoms. The molecule has 1 amide bonds. The highest BCUT2D eigenvalue weighted by Gasteiger charge is 2.09. The topological polar surface area (TPSA) is 54.0 Å². The molecule has 0 saturated carbocycles. The molecule has 0 fully saturated rings. The Bertz CT molecular complexity index is 606. The molecule has 4 heteroatoms. The standard InChI is InChI=1S/C16H19N3O/c1-4-17-13-7-8-15(11(2)9-13)16(20)19-14-6-5-12(3)18-10-14/h5-10,17H,4H2,1-3H3,(H,19,20). The second kappa shape index (κ2) is 6.19. The smallest absolute Gasteiger partial charge is 0.255 e. The fourth-order valence-electron chi connectivity index (χ4n) is 1.97. The van der Waals surface area contributed by atoms with Crippen LogP contribution in [0.25, 0.3) is 0 Å². The van der Waals surface area contributed by atoms with Gasteiger partial charge in [0.25, 0.3) is 5.91 Å². The summed E-state index contributed by atoms with van der Waals surface area (Å²) in [6.45, 7) is 6.75. The molecule has 0 radical (unpaired) electrons. The normalized spacial score (nSPS) is 10.2. The molecule has 0 atom stereocenters.